The Morgan fingerprint density at radius 2 is 1.76 bits per heavy atom. The summed E-state index contributed by atoms with van der Waals surface area (Å²) in [6, 6.07) is 9.80. The summed E-state index contributed by atoms with van der Waals surface area (Å²) in [5, 5.41) is 11.9. The molecule has 2 aromatic carbocycles. The number of unbranched alkanes of at least 4 members (excludes halogenated alkanes) is 1. The molecule has 0 fully saturated rings. The summed E-state index contributed by atoms with van der Waals surface area (Å²) in [7, 11) is 0. The number of nitrogens with zero attached hydrogens (tertiary/aromatic N) is 1. The second-order valence-corrected chi connectivity index (χ2v) is 8.33. The predicted molar refractivity (Wildman–Crippen MR) is 135 cm³/mol. The topological polar surface area (TPSA) is 97.3 Å². The Morgan fingerprint density at radius 1 is 1.03 bits per heavy atom. The highest BCUT2D eigenvalue weighted by Crippen LogP contribution is 2.15. The molecular weight excluding hydrogens is 486 g/mol. The number of nitrogens with one attached hydrogen (secondary N) is 1. The molecule has 1 unspecified atom stereocenters. The molecule has 2 N–H and O–H groups in total. The van der Waals surface area contributed by atoms with Crippen molar-refractivity contribution in [1.29, 1.82) is 0 Å². The predicted octanol–water partition coefficient (Wildman–Crippen LogP) is 4.40. The summed E-state index contributed by atoms with van der Waals surface area (Å²) in [5.41, 5.74) is 0.978. The van der Waals surface area contributed by atoms with Crippen LogP contribution in [0.3, 0.4) is 0 Å². The highest BCUT2D eigenvalue weighted by Gasteiger charge is 2.18. The van der Waals surface area contributed by atoms with Gasteiger partial charge in [-0.3, -0.25) is 0 Å². The van der Waals surface area contributed by atoms with Crippen LogP contribution in [-0.2, 0) is 27.2 Å². The maximum atomic E-state index is 13.9. The number of urea groups is 1. The normalized spacial score (nSPS) is 11.7. The van der Waals surface area contributed by atoms with Crippen LogP contribution in [-0.4, -0.2) is 67.6 Å². The van der Waals surface area contributed by atoms with E-state index in [1.165, 1.54) is 11.0 Å². The van der Waals surface area contributed by atoms with Crippen LogP contribution in [0.4, 0.5) is 13.6 Å². The van der Waals surface area contributed by atoms with E-state index in [-0.39, 0.29) is 31.7 Å². The highest BCUT2D eigenvalue weighted by atomic mass is 19.1. The number of carboxylic acids is 1. The van der Waals surface area contributed by atoms with Crippen molar-refractivity contribution in [3.63, 3.8) is 0 Å². The molecule has 0 bridgehead atoms. The Labute approximate surface area is 216 Å². The van der Waals surface area contributed by atoms with Gasteiger partial charge in [-0.2, -0.15) is 0 Å². The molecule has 2 rings (SSSR count). The van der Waals surface area contributed by atoms with Gasteiger partial charge in [-0.05, 0) is 37.1 Å². The second-order valence-electron chi connectivity index (χ2n) is 8.33. The van der Waals surface area contributed by atoms with Crippen molar-refractivity contribution < 1.29 is 37.7 Å². The summed E-state index contributed by atoms with van der Waals surface area (Å²) in [6.07, 6.45) is 1.26. The van der Waals surface area contributed by atoms with Gasteiger partial charge in [0, 0.05) is 44.4 Å². The summed E-state index contributed by atoms with van der Waals surface area (Å²) in [6.45, 7) is 5.74. The number of hydrogen-bond acceptors (Lipinski definition) is 5. The van der Waals surface area contributed by atoms with Crippen LogP contribution < -0.4 is 10.1 Å². The van der Waals surface area contributed by atoms with Crippen molar-refractivity contribution in [2.45, 2.75) is 45.8 Å². The third-order valence-electron chi connectivity index (χ3n) is 5.50. The monoisotopic (exact) mass is 522 g/mol. The Bertz CT molecular complexity index is 974. The summed E-state index contributed by atoms with van der Waals surface area (Å²) < 4.78 is 43.6. The van der Waals surface area contributed by atoms with Crippen LogP contribution in [0.1, 0.15) is 37.8 Å². The largest absolute Gasteiger partial charge is 0.492 e. The molecule has 0 aliphatic rings. The van der Waals surface area contributed by atoms with E-state index in [1.54, 1.807) is 31.2 Å². The molecule has 37 heavy (non-hydrogen) atoms. The molecule has 2 aromatic rings. The number of ether oxygens (including phenoxy) is 3. The van der Waals surface area contributed by atoms with E-state index in [2.05, 4.69) is 12.2 Å². The molecular formula is C27H36F2N2O6. The Morgan fingerprint density at radius 3 is 2.41 bits per heavy atom. The zero-order valence-electron chi connectivity index (χ0n) is 21.4. The minimum Gasteiger partial charge on any atom is -0.492 e. The van der Waals surface area contributed by atoms with Crippen molar-refractivity contribution in [3.05, 3.63) is 65.2 Å². The minimum atomic E-state index is -1.01. The lowest BCUT2D eigenvalue weighted by atomic mass is 10.1. The number of aliphatic carboxylic acids is 1. The molecule has 0 aromatic heterocycles. The third kappa shape index (κ3) is 11.1. The standard InChI is InChI=1S/C27H36F2N2O6/c1-3-5-14-35-15-12-31(27(34)30-19-21-8-9-22(28)18-24(21)29)13-16-37-23-10-6-20(7-11-23)17-25(26(32)33)36-4-2/h6-11,18,25H,3-5,12-17,19H2,1-2H3,(H,30,34)(H,32,33). The van der Waals surface area contributed by atoms with E-state index in [0.29, 0.717) is 32.1 Å². The van der Waals surface area contributed by atoms with Gasteiger partial charge in [0.2, 0.25) is 0 Å². The fraction of sp³-hybridized carbons (Fsp3) is 0.481. The molecule has 2 amide bonds. The van der Waals surface area contributed by atoms with Gasteiger partial charge in [-0.25, -0.2) is 18.4 Å². The zero-order chi connectivity index (χ0) is 27.0. The summed E-state index contributed by atoms with van der Waals surface area (Å²) in [5.74, 6) is -1.85. The van der Waals surface area contributed by atoms with Gasteiger partial charge in [-0.15, -0.1) is 0 Å². The third-order valence-corrected chi connectivity index (χ3v) is 5.50. The smallest absolute Gasteiger partial charge is 0.333 e. The highest BCUT2D eigenvalue weighted by molar-refractivity contribution is 5.74. The Balaban J connectivity index is 1.89. The lowest BCUT2D eigenvalue weighted by molar-refractivity contribution is -0.149. The number of rotatable bonds is 17. The van der Waals surface area contributed by atoms with Crippen LogP contribution in [0, 0.1) is 11.6 Å². The molecule has 0 aliphatic carbocycles. The summed E-state index contributed by atoms with van der Waals surface area (Å²) in [4.78, 5) is 25.6. The number of halogens is 2. The fourth-order valence-corrected chi connectivity index (χ4v) is 3.41. The molecule has 1 atom stereocenters. The number of benzene rings is 2. The molecule has 204 valence electrons. The van der Waals surface area contributed by atoms with Crippen molar-refractivity contribution >= 4 is 12.0 Å². The van der Waals surface area contributed by atoms with Crippen molar-refractivity contribution in [3.8, 4) is 5.75 Å². The maximum absolute atomic E-state index is 13.9. The van der Waals surface area contributed by atoms with Gasteiger partial charge in [-0.1, -0.05) is 31.5 Å². The first-order valence-electron chi connectivity index (χ1n) is 12.4. The second kappa shape index (κ2) is 16.5. The maximum Gasteiger partial charge on any atom is 0.333 e. The van der Waals surface area contributed by atoms with E-state index in [1.807, 2.05) is 0 Å². The first-order valence-corrected chi connectivity index (χ1v) is 12.4. The van der Waals surface area contributed by atoms with Crippen molar-refractivity contribution in [1.82, 2.24) is 10.2 Å². The Hall–Kier alpha value is -3.24. The lowest BCUT2D eigenvalue weighted by Gasteiger charge is -2.23. The molecule has 0 heterocycles. The molecule has 0 saturated carbocycles. The minimum absolute atomic E-state index is 0.0838. The van der Waals surface area contributed by atoms with Gasteiger partial charge < -0.3 is 29.5 Å². The van der Waals surface area contributed by atoms with Gasteiger partial charge in [0.25, 0.3) is 0 Å². The zero-order valence-corrected chi connectivity index (χ0v) is 21.4. The average Bonchev–Trinajstić information content (AvgIpc) is 2.87. The quantitative estimate of drug-likeness (QED) is 0.299. The average molecular weight is 523 g/mol. The molecule has 10 heteroatoms. The van der Waals surface area contributed by atoms with E-state index in [0.717, 1.165) is 30.5 Å². The number of carbonyl (C=O) groups excluding carboxylic acids is 1. The molecule has 0 spiro atoms. The number of hydrogen-bond donors (Lipinski definition) is 2. The van der Waals surface area contributed by atoms with Gasteiger partial charge in [0.15, 0.2) is 6.10 Å². The first-order chi connectivity index (χ1) is 17.8. The van der Waals surface area contributed by atoms with E-state index in [4.69, 9.17) is 14.2 Å². The first kappa shape index (κ1) is 30.0. The number of carboxylic acid groups (broad SMARTS) is 1. The van der Waals surface area contributed by atoms with Gasteiger partial charge in [0.1, 0.15) is 24.0 Å². The number of carbonyl (C=O) groups is 2. The van der Waals surface area contributed by atoms with Crippen LogP contribution in [0.2, 0.25) is 0 Å². The van der Waals surface area contributed by atoms with E-state index < -0.39 is 29.7 Å². The molecule has 0 aliphatic heterocycles. The van der Waals surface area contributed by atoms with E-state index in [9.17, 15) is 23.5 Å². The van der Waals surface area contributed by atoms with E-state index >= 15 is 0 Å². The fourth-order valence-electron chi connectivity index (χ4n) is 3.41. The van der Waals surface area contributed by atoms with Crippen molar-refractivity contribution in [2.75, 3.05) is 39.5 Å². The SMILES string of the molecule is CCCCOCCN(CCOc1ccc(CC(OCC)C(=O)O)cc1)C(=O)NCc1ccc(F)cc1F. The molecule has 0 radical (unpaired) electrons. The van der Waals surface area contributed by atoms with Gasteiger partial charge in [0.05, 0.1) is 13.2 Å². The lowest BCUT2D eigenvalue weighted by Crippen LogP contribution is -2.43. The molecule has 0 saturated heterocycles. The summed E-state index contributed by atoms with van der Waals surface area (Å²) >= 11 is 0. The van der Waals surface area contributed by atoms with Gasteiger partial charge >= 0.3 is 12.0 Å². The van der Waals surface area contributed by atoms with Crippen LogP contribution in [0.15, 0.2) is 42.5 Å². The van der Waals surface area contributed by atoms with Crippen molar-refractivity contribution in [2.24, 2.45) is 0 Å². The molecule has 8 nitrogen and oxygen atoms in total. The number of amides is 2. The van der Waals surface area contributed by atoms with Crippen LogP contribution in [0.5, 0.6) is 5.75 Å². The Kier molecular flexibility index (Phi) is 13.4. The van der Waals surface area contributed by atoms with Crippen LogP contribution >= 0.6 is 0 Å². The van der Waals surface area contributed by atoms with Crippen LogP contribution in [0.25, 0.3) is 0 Å².